The molecule has 13 heavy (non-hydrogen) atoms. The van der Waals surface area contributed by atoms with Gasteiger partial charge in [0.05, 0.1) is 0 Å². The number of hydrogen-bond donors (Lipinski definition) is 0. The maximum Gasteiger partial charge on any atom is 0.278 e. The van der Waals surface area contributed by atoms with Gasteiger partial charge in [0.1, 0.15) is 12.2 Å². The van der Waals surface area contributed by atoms with Gasteiger partial charge >= 0.3 is 0 Å². The highest BCUT2D eigenvalue weighted by Crippen LogP contribution is 2.31. The highest BCUT2D eigenvalue weighted by Gasteiger charge is 2.35. The molecule has 0 unspecified atom stereocenters. The van der Waals surface area contributed by atoms with Crippen LogP contribution in [0.4, 0.5) is 0 Å². The van der Waals surface area contributed by atoms with E-state index in [-0.39, 0.29) is 5.60 Å². The fraction of sp³-hybridized carbons (Fsp3) is 0.800. The topological polar surface area (TPSA) is 18.5 Å². The van der Waals surface area contributed by atoms with Crippen LogP contribution in [0.3, 0.4) is 0 Å². The van der Waals surface area contributed by atoms with Crippen LogP contribution in [0.1, 0.15) is 33.6 Å². The van der Waals surface area contributed by atoms with Crippen molar-refractivity contribution in [3.05, 3.63) is 11.5 Å². The van der Waals surface area contributed by atoms with E-state index in [0.717, 1.165) is 17.9 Å². The summed E-state index contributed by atoms with van der Waals surface area (Å²) in [5.41, 5.74) is 1.04. The van der Waals surface area contributed by atoms with E-state index in [2.05, 4.69) is 29.5 Å². The Kier molecular flexibility index (Phi) is 3.88. The van der Waals surface area contributed by atoms with E-state index < -0.39 is 0 Å². The molecular formula is C10H17IO2. The van der Waals surface area contributed by atoms with Gasteiger partial charge in [0, 0.05) is 5.57 Å². The van der Waals surface area contributed by atoms with Crippen molar-refractivity contribution >= 4 is 22.6 Å². The highest BCUT2D eigenvalue weighted by atomic mass is 127. The van der Waals surface area contributed by atoms with Crippen molar-refractivity contribution in [2.75, 3.05) is 11.0 Å². The Balaban J connectivity index is 2.51. The molecule has 3 heteroatoms. The molecule has 1 heterocycles. The van der Waals surface area contributed by atoms with Crippen LogP contribution in [0.5, 0.6) is 0 Å². The van der Waals surface area contributed by atoms with Crippen LogP contribution in [0.15, 0.2) is 11.5 Å². The normalized spacial score (nSPS) is 26.9. The Morgan fingerprint density at radius 1 is 1.54 bits per heavy atom. The van der Waals surface area contributed by atoms with E-state index in [1.54, 1.807) is 0 Å². The summed E-state index contributed by atoms with van der Waals surface area (Å²) in [7, 11) is 0. The first-order valence-corrected chi connectivity index (χ1v) is 6.15. The third kappa shape index (κ3) is 3.04. The molecule has 1 aliphatic heterocycles. The number of allylic oxidation sites excluding steroid dienone is 1. The first-order valence-electron chi connectivity index (χ1n) is 4.63. The molecule has 76 valence electrons. The number of rotatable bonds is 3. The third-order valence-corrected chi connectivity index (χ3v) is 2.86. The molecule has 1 saturated heterocycles. The molecule has 0 aliphatic carbocycles. The number of ether oxygens (including phenoxy) is 2. The fourth-order valence-electron chi connectivity index (χ4n) is 1.31. The van der Waals surface area contributed by atoms with Crippen LogP contribution in [-0.4, -0.2) is 16.6 Å². The zero-order valence-electron chi connectivity index (χ0n) is 8.52. The summed E-state index contributed by atoms with van der Waals surface area (Å²) in [6.07, 6.45) is 2.27. The van der Waals surface area contributed by atoms with E-state index >= 15 is 0 Å². The molecule has 0 spiro atoms. The predicted molar refractivity (Wildman–Crippen MR) is 61.9 cm³/mol. The zero-order chi connectivity index (χ0) is 9.90. The lowest BCUT2D eigenvalue weighted by atomic mass is 10.0. The second kappa shape index (κ2) is 4.53. The van der Waals surface area contributed by atoms with Crippen molar-refractivity contribution < 1.29 is 9.47 Å². The summed E-state index contributed by atoms with van der Waals surface area (Å²) >= 11 is 2.39. The molecule has 0 aromatic heterocycles. The van der Waals surface area contributed by atoms with E-state index in [4.69, 9.17) is 9.47 Å². The highest BCUT2D eigenvalue weighted by molar-refractivity contribution is 14.1. The minimum atomic E-state index is -0.0855. The lowest BCUT2D eigenvalue weighted by Crippen LogP contribution is -2.26. The van der Waals surface area contributed by atoms with Gasteiger partial charge in [0.15, 0.2) is 0 Å². The monoisotopic (exact) mass is 296 g/mol. The van der Waals surface area contributed by atoms with Crippen molar-refractivity contribution in [2.45, 2.75) is 39.2 Å². The Labute approximate surface area is 93.8 Å². The minimum Gasteiger partial charge on any atom is -0.461 e. The van der Waals surface area contributed by atoms with Gasteiger partial charge in [0.25, 0.3) is 5.95 Å². The number of alkyl halides is 1. The number of halogens is 1. The van der Waals surface area contributed by atoms with Crippen LogP contribution in [-0.2, 0) is 9.47 Å². The Bertz CT molecular complexity index is 209. The molecule has 0 N–H and O–H groups in total. The molecule has 1 fully saturated rings. The van der Waals surface area contributed by atoms with Gasteiger partial charge < -0.3 is 9.47 Å². The van der Waals surface area contributed by atoms with Crippen molar-refractivity contribution in [3.8, 4) is 0 Å². The van der Waals surface area contributed by atoms with Crippen LogP contribution in [0, 0.1) is 0 Å². The molecule has 0 bridgehead atoms. The SMILES string of the molecule is CC(C)=C1OC[C@](C)(CCCI)O1. The van der Waals surface area contributed by atoms with Crippen molar-refractivity contribution in [2.24, 2.45) is 0 Å². The smallest absolute Gasteiger partial charge is 0.278 e. The van der Waals surface area contributed by atoms with E-state index in [0.29, 0.717) is 6.61 Å². The van der Waals surface area contributed by atoms with Gasteiger partial charge in [-0.25, -0.2) is 0 Å². The first kappa shape index (κ1) is 11.1. The zero-order valence-corrected chi connectivity index (χ0v) is 10.7. The largest absolute Gasteiger partial charge is 0.461 e. The molecule has 1 atom stereocenters. The van der Waals surface area contributed by atoms with Gasteiger partial charge in [-0.3, -0.25) is 0 Å². The average molecular weight is 296 g/mol. The number of hydrogen-bond acceptors (Lipinski definition) is 2. The average Bonchev–Trinajstić information content (AvgIpc) is 2.46. The summed E-state index contributed by atoms with van der Waals surface area (Å²) in [5.74, 6) is 0.732. The van der Waals surface area contributed by atoms with Gasteiger partial charge in [-0.1, -0.05) is 22.6 Å². The molecule has 0 saturated carbocycles. The lowest BCUT2D eigenvalue weighted by molar-refractivity contribution is 0.0549. The van der Waals surface area contributed by atoms with E-state index in [1.165, 1.54) is 10.8 Å². The Hall–Kier alpha value is 0.0700. The molecule has 0 aromatic rings. The lowest BCUT2D eigenvalue weighted by Gasteiger charge is -2.19. The summed E-state index contributed by atoms with van der Waals surface area (Å²) in [6, 6.07) is 0. The third-order valence-electron chi connectivity index (χ3n) is 2.10. The second-order valence-corrected chi connectivity index (χ2v) is 5.00. The molecule has 1 rings (SSSR count). The molecule has 0 aromatic carbocycles. The van der Waals surface area contributed by atoms with Crippen molar-refractivity contribution in [1.82, 2.24) is 0 Å². The van der Waals surface area contributed by atoms with Gasteiger partial charge in [-0.05, 0) is 38.0 Å². The van der Waals surface area contributed by atoms with Crippen LogP contribution in [0.25, 0.3) is 0 Å². The maximum absolute atomic E-state index is 5.77. The molecular weight excluding hydrogens is 279 g/mol. The molecule has 0 amide bonds. The van der Waals surface area contributed by atoms with Gasteiger partial charge in [-0.15, -0.1) is 0 Å². The van der Waals surface area contributed by atoms with E-state index in [9.17, 15) is 0 Å². The summed E-state index contributed by atoms with van der Waals surface area (Å²) < 4.78 is 12.4. The fourth-order valence-corrected chi connectivity index (χ4v) is 1.69. The van der Waals surface area contributed by atoms with Crippen molar-refractivity contribution in [1.29, 1.82) is 0 Å². The second-order valence-electron chi connectivity index (χ2n) is 3.92. The molecule has 1 aliphatic rings. The standard InChI is InChI=1S/C10H17IO2/c1-8(2)9-12-7-10(3,13-9)5-4-6-11/h4-7H2,1-3H3/t10-/m0/s1. The van der Waals surface area contributed by atoms with E-state index in [1.807, 2.05) is 13.8 Å². The quantitative estimate of drug-likeness (QED) is 0.588. The van der Waals surface area contributed by atoms with Crippen LogP contribution in [0.2, 0.25) is 0 Å². The van der Waals surface area contributed by atoms with Gasteiger partial charge in [0.2, 0.25) is 0 Å². The first-order chi connectivity index (χ1) is 6.07. The van der Waals surface area contributed by atoms with Crippen LogP contribution >= 0.6 is 22.6 Å². The predicted octanol–water partition coefficient (Wildman–Crippen LogP) is 3.26. The molecule has 0 radical (unpaired) electrons. The molecule has 2 nitrogen and oxygen atoms in total. The maximum atomic E-state index is 5.77. The van der Waals surface area contributed by atoms with Crippen molar-refractivity contribution in [3.63, 3.8) is 0 Å². The van der Waals surface area contributed by atoms with Crippen LogP contribution < -0.4 is 0 Å². The summed E-state index contributed by atoms with van der Waals surface area (Å²) in [6.45, 7) is 6.85. The minimum absolute atomic E-state index is 0.0855. The summed E-state index contributed by atoms with van der Waals surface area (Å²) in [4.78, 5) is 0. The Morgan fingerprint density at radius 3 is 2.69 bits per heavy atom. The van der Waals surface area contributed by atoms with Gasteiger partial charge in [-0.2, -0.15) is 0 Å². The summed E-state index contributed by atoms with van der Waals surface area (Å²) in [5, 5.41) is 0. The Morgan fingerprint density at radius 2 is 2.23 bits per heavy atom.